The lowest BCUT2D eigenvalue weighted by molar-refractivity contribution is 0.0188. The minimum absolute atomic E-state index is 0.138. The SMILES string of the molecule is CCNCC1CCC(COc2cc(Cl)ccc2Cl)O1. The Kier molecular flexibility index (Phi) is 5.76. The van der Waals surface area contributed by atoms with Crippen LogP contribution >= 0.6 is 23.2 Å². The van der Waals surface area contributed by atoms with E-state index in [-0.39, 0.29) is 6.10 Å². The van der Waals surface area contributed by atoms with Crippen molar-refractivity contribution in [2.75, 3.05) is 19.7 Å². The molecule has 0 spiro atoms. The van der Waals surface area contributed by atoms with Gasteiger partial charge < -0.3 is 14.8 Å². The Morgan fingerprint density at radius 3 is 2.89 bits per heavy atom. The number of nitrogens with one attached hydrogen (secondary N) is 1. The summed E-state index contributed by atoms with van der Waals surface area (Å²) in [6.45, 7) is 4.49. The summed E-state index contributed by atoms with van der Waals surface area (Å²) in [5.74, 6) is 0.618. The second-order valence-corrected chi connectivity index (χ2v) is 5.49. The number of ether oxygens (including phenoxy) is 2. The summed E-state index contributed by atoms with van der Waals surface area (Å²) < 4.78 is 11.6. The van der Waals surface area contributed by atoms with Gasteiger partial charge in [-0.3, -0.25) is 0 Å². The predicted molar refractivity (Wildman–Crippen MR) is 78.4 cm³/mol. The molecule has 0 saturated carbocycles. The van der Waals surface area contributed by atoms with Crippen LogP contribution in [-0.2, 0) is 4.74 Å². The molecule has 1 fully saturated rings. The Hall–Kier alpha value is -0.480. The molecule has 106 valence electrons. The number of hydrogen-bond acceptors (Lipinski definition) is 3. The number of rotatable bonds is 6. The van der Waals surface area contributed by atoms with E-state index in [1.165, 1.54) is 0 Å². The third-order valence-electron chi connectivity index (χ3n) is 3.14. The van der Waals surface area contributed by atoms with E-state index < -0.39 is 0 Å². The van der Waals surface area contributed by atoms with Crippen LogP contribution in [0.2, 0.25) is 10.0 Å². The number of halogens is 2. The van der Waals surface area contributed by atoms with Gasteiger partial charge in [0.1, 0.15) is 12.4 Å². The molecule has 0 amide bonds. The quantitative estimate of drug-likeness (QED) is 0.872. The third kappa shape index (κ3) is 4.53. The Morgan fingerprint density at radius 2 is 2.11 bits per heavy atom. The van der Waals surface area contributed by atoms with Crippen LogP contribution in [0.5, 0.6) is 5.75 Å². The Bertz CT molecular complexity index is 414. The molecule has 5 heteroatoms. The largest absolute Gasteiger partial charge is 0.489 e. The molecule has 0 aromatic heterocycles. The van der Waals surface area contributed by atoms with Gasteiger partial charge in [-0.1, -0.05) is 30.1 Å². The summed E-state index contributed by atoms with van der Waals surface area (Å²) in [4.78, 5) is 0. The molecule has 0 radical (unpaired) electrons. The standard InChI is InChI=1S/C14H19Cl2NO2/c1-2-17-8-11-4-5-12(19-11)9-18-14-7-10(15)3-6-13(14)16/h3,6-7,11-12,17H,2,4-5,8-9H2,1H3. The van der Waals surface area contributed by atoms with E-state index in [0.717, 1.165) is 25.9 Å². The average molecular weight is 304 g/mol. The number of likely N-dealkylation sites (N-methyl/N-ethyl adjacent to an activating group) is 1. The predicted octanol–water partition coefficient (Wildman–Crippen LogP) is 3.53. The van der Waals surface area contributed by atoms with E-state index >= 15 is 0 Å². The van der Waals surface area contributed by atoms with Crippen LogP contribution in [0.1, 0.15) is 19.8 Å². The monoisotopic (exact) mass is 303 g/mol. The molecule has 0 aliphatic carbocycles. The van der Waals surface area contributed by atoms with E-state index in [1.54, 1.807) is 18.2 Å². The maximum absolute atomic E-state index is 6.04. The zero-order valence-corrected chi connectivity index (χ0v) is 12.5. The lowest BCUT2D eigenvalue weighted by Gasteiger charge is -2.15. The number of hydrogen-bond donors (Lipinski definition) is 1. The second-order valence-electron chi connectivity index (χ2n) is 4.65. The Labute approximate surface area is 124 Å². The van der Waals surface area contributed by atoms with Gasteiger partial charge in [-0.15, -0.1) is 0 Å². The van der Waals surface area contributed by atoms with Crippen molar-refractivity contribution >= 4 is 23.2 Å². The first kappa shape index (κ1) is 14.9. The summed E-state index contributed by atoms with van der Waals surface area (Å²) in [5.41, 5.74) is 0. The van der Waals surface area contributed by atoms with Crippen LogP contribution in [0.25, 0.3) is 0 Å². The maximum atomic E-state index is 6.04. The van der Waals surface area contributed by atoms with E-state index in [1.807, 2.05) is 0 Å². The van der Waals surface area contributed by atoms with Gasteiger partial charge in [0.25, 0.3) is 0 Å². The molecular formula is C14H19Cl2NO2. The lowest BCUT2D eigenvalue weighted by Crippen LogP contribution is -2.28. The fourth-order valence-corrected chi connectivity index (χ4v) is 2.46. The molecule has 1 aliphatic heterocycles. The summed E-state index contributed by atoms with van der Waals surface area (Å²) in [7, 11) is 0. The first-order chi connectivity index (χ1) is 9.19. The van der Waals surface area contributed by atoms with Gasteiger partial charge in [0, 0.05) is 17.6 Å². The van der Waals surface area contributed by atoms with Crippen molar-refractivity contribution in [2.24, 2.45) is 0 Å². The highest BCUT2D eigenvalue weighted by molar-refractivity contribution is 6.34. The first-order valence-electron chi connectivity index (χ1n) is 6.63. The van der Waals surface area contributed by atoms with Crippen molar-refractivity contribution in [3.8, 4) is 5.75 Å². The smallest absolute Gasteiger partial charge is 0.139 e. The molecule has 1 N–H and O–H groups in total. The summed E-state index contributed by atoms with van der Waals surface area (Å²) in [6.07, 6.45) is 2.53. The summed E-state index contributed by atoms with van der Waals surface area (Å²) in [5, 5.41) is 4.49. The van der Waals surface area contributed by atoms with Gasteiger partial charge in [-0.05, 0) is 31.5 Å². The maximum Gasteiger partial charge on any atom is 0.139 e. The van der Waals surface area contributed by atoms with Crippen molar-refractivity contribution in [1.82, 2.24) is 5.32 Å². The Balaban J connectivity index is 1.78. The zero-order valence-electron chi connectivity index (χ0n) is 11.0. The highest BCUT2D eigenvalue weighted by atomic mass is 35.5. The van der Waals surface area contributed by atoms with Crippen LogP contribution < -0.4 is 10.1 Å². The fourth-order valence-electron chi connectivity index (χ4n) is 2.13. The topological polar surface area (TPSA) is 30.5 Å². The van der Waals surface area contributed by atoms with Crippen molar-refractivity contribution in [1.29, 1.82) is 0 Å². The van der Waals surface area contributed by atoms with Crippen molar-refractivity contribution < 1.29 is 9.47 Å². The zero-order chi connectivity index (χ0) is 13.7. The molecule has 3 nitrogen and oxygen atoms in total. The van der Waals surface area contributed by atoms with Gasteiger partial charge in [0.15, 0.2) is 0 Å². The molecule has 1 aromatic carbocycles. The van der Waals surface area contributed by atoms with Gasteiger partial charge in [-0.25, -0.2) is 0 Å². The van der Waals surface area contributed by atoms with Crippen LogP contribution in [0.3, 0.4) is 0 Å². The fraction of sp³-hybridized carbons (Fsp3) is 0.571. The highest BCUT2D eigenvalue weighted by Crippen LogP contribution is 2.29. The van der Waals surface area contributed by atoms with Gasteiger partial charge in [0.2, 0.25) is 0 Å². The molecule has 2 unspecified atom stereocenters. The van der Waals surface area contributed by atoms with Crippen molar-refractivity contribution in [3.63, 3.8) is 0 Å². The average Bonchev–Trinajstić information content (AvgIpc) is 2.85. The molecule has 1 aliphatic rings. The second kappa shape index (κ2) is 7.34. The van der Waals surface area contributed by atoms with E-state index in [4.69, 9.17) is 32.7 Å². The van der Waals surface area contributed by atoms with Crippen LogP contribution in [-0.4, -0.2) is 31.9 Å². The van der Waals surface area contributed by atoms with Crippen LogP contribution in [0.15, 0.2) is 18.2 Å². The molecule has 1 saturated heterocycles. The molecule has 2 atom stereocenters. The van der Waals surface area contributed by atoms with Crippen LogP contribution in [0, 0.1) is 0 Å². The van der Waals surface area contributed by atoms with Gasteiger partial charge in [0.05, 0.1) is 17.2 Å². The molecule has 19 heavy (non-hydrogen) atoms. The van der Waals surface area contributed by atoms with E-state index in [9.17, 15) is 0 Å². The molecule has 1 heterocycles. The van der Waals surface area contributed by atoms with Gasteiger partial charge >= 0.3 is 0 Å². The van der Waals surface area contributed by atoms with E-state index in [0.29, 0.717) is 28.5 Å². The molecular weight excluding hydrogens is 285 g/mol. The normalized spacial score (nSPS) is 22.7. The molecule has 2 rings (SSSR count). The summed E-state index contributed by atoms with van der Waals surface area (Å²) in [6, 6.07) is 5.22. The molecule has 1 aromatic rings. The van der Waals surface area contributed by atoms with Gasteiger partial charge in [-0.2, -0.15) is 0 Å². The van der Waals surface area contributed by atoms with Crippen molar-refractivity contribution in [3.05, 3.63) is 28.2 Å². The van der Waals surface area contributed by atoms with Crippen LogP contribution in [0.4, 0.5) is 0 Å². The third-order valence-corrected chi connectivity index (χ3v) is 3.68. The minimum Gasteiger partial charge on any atom is -0.489 e. The summed E-state index contributed by atoms with van der Waals surface area (Å²) >= 11 is 12.0. The minimum atomic E-state index is 0.138. The first-order valence-corrected chi connectivity index (χ1v) is 7.38. The van der Waals surface area contributed by atoms with E-state index in [2.05, 4.69) is 12.2 Å². The van der Waals surface area contributed by atoms with Crippen molar-refractivity contribution in [2.45, 2.75) is 32.0 Å². The highest BCUT2D eigenvalue weighted by Gasteiger charge is 2.25. The number of benzene rings is 1. The Morgan fingerprint density at radius 1 is 1.32 bits per heavy atom. The molecule has 0 bridgehead atoms. The lowest BCUT2D eigenvalue weighted by atomic mass is 10.2.